The summed E-state index contributed by atoms with van der Waals surface area (Å²) in [5.74, 6) is -0.490. The van der Waals surface area contributed by atoms with Gasteiger partial charge in [0.15, 0.2) is 0 Å². The number of halogens is 5. The van der Waals surface area contributed by atoms with Crippen LogP contribution in [0.3, 0.4) is 0 Å². The smallest absolute Gasteiger partial charge is 0.126 e. The van der Waals surface area contributed by atoms with Crippen molar-refractivity contribution in [3.8, 4) is 0 Å². The molecule has 0 heterocycles. The van der Waals surface area contributed by atoms with E-state index in [0.717, 1.165) is 22.2 Å². The third kappa shape index (κ3) is 3.77. The van der Waals surface area contributed by atoms with Crippen LogP contribution >= 0.6 is 39.1 Å². The van der Waals surface area contributed by atoms with Gasteiger partial charge < -0.3 is 0 Å². The second-order valence-corrected chi connectivity index (χ2v) is 6.42. The molecule has 0 N–H and O–H groups in total. The summed E-state index contributed by atoms with van der Waals surface area (Å²) in [5.41, 5.74) is 0.539. The van der Waals surface area contributed by atoms with Gasteiger partial charge in [-0.05, 0) is 47.9 Å². The topological polar surface area (TPSA) is 0 Å². The Hall–Kier alpha value is -0.640. The maximum Gasteiger partial charge on any atom is 0.126 e. The summed E-state index contributed by atoms with van der Waals surface area (Å²) in [4.78, 5) is 0. The Labute approximate surface area is 141 Å². The quantitative estimate of drug-likeness (QED) is 0.572. The minimum atomic E-state index is -0.640. The highest BCUT2D eigenvalue weighted by Gasteiger charge is 2.32. The van der Waals surface area contributed by atoms with Gasteiger partial charge in [0, 0.05) is 21.6 Å². The van der Waals surface area contributed by atoms with Crippen LogP contribution in [0.5, 0.6) is 0 Å². The summed E-state index contributed by atoms with van der Waals surface area (Å²) in [7, 11) is 0. The first-order valence-corrected chi connectivity index (χ1v) is 8.19. The van der Waals surface area contributed by atoms with Crippen molar-refractivity contribution >= 4 is 39.1 Å². The summed E-state index contributed by atoms with van der Waals surface area (Å²) in [5, 5.41) is 0. The zero-order valence-corrected chi connectivity index (χ0v) is 14.2. The number of benzene rings is 2. The van der Waals surface area contributed by atoms with Crippen molar-refractivity contribution in [1.29, 1.82) is 0 Å². The van der Waals surface area contributed by atoms with E-state index in [-0.39, 0.29) is 23.7 Å². The lowest BCUT2D eigenvalue weighted by atomic mass is 9.78. The average Bonchev–Trinajstić information content (AvgIpc) is 2.49. The van der Waals surface area contributed by atoms with E-state index in [9.17, 15) is 8.78 Å². The van der Waals surface area contributed by atoms with Crippen molar-refractivity contribution < 1.29 is 8.78 Å². The van der Waals surface area contributed by atoms with Crippen LogP contribution in [-0.2, 0) is 11.8 Å². The number of alkyl halides is 2. The molecule has 0 fully saturated rings. The fourth-order valence-electron chi connectivity index (χ4n) is 2.23. The highest BCUT2D eigenvalue weighted by atomic mass is 79.9. The molecule has 0 atom stereocenters. The molecule has 0 aliphatic heterocycles. The van der Waals surface area contributed by atoms with Crippen LogP contribution in [0.25, 0.3) is 0 Å². The van der Waals surface area contributed by atoms with Gasteiger partial charge >= 0.3 is 0 Å². The van der Waals surface area contributed by atoms with Crippen LogP contribution in [0.2, 0.25) is 0 Å². The van der Waals surface area contributed by atoms with Crippen LogP contribution in [0.4, 0.5) is 8.78 Å². The Kier molecular flexibility index (Phi) is 5.64. The molecule has 0 aromatic heterocycles. The lowest BCUT2D eigenvalue weighted by molar-refractivity contribution is 0.506. The molecule has 21 heavy (non-hydrogen) atoms. The molecule has 0 nitrogen and oxygen atoms in total. The van der Waals surface area contributed by atoms with Crippen molar-refractivity contribution in [3.05, 3.63) is 69.7 Å². The van der Waals surface area contributed by atoms with Gasteiger partial charge in [0.05, 0.1) is 0 Å². The highest BCUT2D eigenvalue weighted by Crippen LogP contribution is 2.33. The molecule has 0 spiro atoms. The van der Waals surface area contributed by atoms with Gasteiger partial charge in [0.2, 0.25) is 0 Å². The van der Waals surface area contributed by atoms with E-state index in [1.807, 2.05) is 24.3 Å². The largest absolute Gasteiger partial charge is 0.207 e. The maximum atomic E-state index is 13.9. The Morgan fingerprint density at radius 3 is 2.14 bits per heavy atom. The maximum absolute atomic E-state index is 13.9. The molecule has 2 rings (SSSR count). The SMILES string of the molecule is Fc1ccc(F)c(CC(CCl)(CCl)c2ccc(Br)cc2)c1. The van der Waals surface area contributed by atoms with Gasteiger partial charge in [-0.15, -0.1) is 23.2 Å². The Bertz CT molecular complexity index is 610. The van der Waals surface area contributed by atoms with Crippen LogP contribution in [-0.4, -0.2) is 11.8 Å². The molecular formula is C16H13BrCl2F2. The Morgan fingerprint density at radius 1 is 0.952 bits per heavy atom. The second-order valence-electron chi connectivity index (χ2n) is 4.97. The molecule has 0 aliphatic rings. The minimum Gasteiger partial charge on any atom is -0.207 e. The van der Waals surface area contributed by atoms with E-state index >= 15 is 0 Å². The first-order chi connectivity index (χ1) is 10.0. The van der Waals surface area contributed by atoms with E-state index in [2.05, 4.69) is 15.9 Å². The third-order valence-electron chi connectivity index (χ3n) is 3.50. The van der Waals surface area contributed by atoms with Gasteiger partial charge in [-0.1, -0.05) is 28.1 Å². The van der Waals surface area contributed by atoms with Crippen LogP contribution in [0.15, 0.2) is 46.9 Å². The summed E-state index contributed by atoms with van der Waals surface area (Å²) in [6.45, 7) is 0. The molecule has 2 aromatic rings. The minimum absolute atomic E-state index is 0.216. The van der Waals surface area contributed by atoms with Crippen LogP contribution in [0.1, 0.15) is 11.1 Å². The lowest BCUT2D eigenvalue weighted by Gasteiger charge is -2.30. The number of hydrogen-bond donors (Lipinski definition) is 0. The van der Waals surface area contributed by atoms with Gasteiger partial charge in [0.1, 0.15) is 11.6 Å². The molecule has 2 aromatic carbocycles. The summed E-state index contributed by atoms with van der Waals surface area (Å²) < 4.78 is 28.2. The highest BCUT2D eigenvalue weighted by molar-refractivity contribution is 9.10. The zero-order valence-electron chi connectivity index (χ0n) is 11.1. The summed E-state index contributed by atoms with van der Waals surface area (Å²) in [6, 6.07) is 11.0. The van der Waals surface area contributed by atoms with Gasteiger partial charge in [0.25, 0.3) is 0 Å². The molecule has 112 valence electrons. The van der Waals surface area contributed by atoms with Crippen LogP contribution < -0.4 is 0 Å². The third-order valence-corrected chi connectivity index (χ3v) is 5.06. The van der Waals surface area contributed by atoms with E-state index in [0.29, 0.717) is 0 Å². The van der Waals surface area contributed by atoms with E-state index in [4.69, 9.17) is 23.2 Å². The van der Waals surface area contributed by atoms with Crippen molar-refractivity contribution in [2.24, 2.45) is 0 Å². The van der Waals surface area contributed by atoms with Gasteiger partial charge in [-0.2, -0.15) is 0 Å². The van der Waals surface area contributed by atoms with Crippen molar-refractivity contribution in [2.45, 2.75) is 11.8 Å². The van der Waals surface area contributed by atoms with Crippen molar-refractivity contribution in [2.75, 3.05) is 11.8 Å². The van der Waals surface area contributed by atoms with Crippen molar-refractivity contribution in [3.63, 3.8) is 0 Å². The first-order valence-electron chi connectivity index (χ1n) is 6.33. The molecule has 0 aliphatic carbocycles. The predicted octanol–water partition coefficient (Wildman–Crippen LogP) is 5.69. The number of rotatable bonds is 5. The fourth-order valence-corrected chi connectivity index (χ4v) is 3.28. The Morgan fingerprint density at radius 2 is 1.57 bits per heavy atom. The first kappa shape index (κ1) is 16.7. The van der Waals surface area contributed by atoms with E-state index in [1.54, 1.807) is 0 Å². The zero-order chi connectivity index (χ0) is 15.5. The van der Waals surface area contributed by atoms with Crippen LogP contribution in [0, 0.1) is 11.6 Å². The standard InChI is InChI=1S/C16H13BrCl2F2/c17-13-3-1-12(2-4-13)16(9-18,10-19)8-11-7-14(20)5-6-15(11)21/h1-7H,8-10H2. The lowest BCUT2D eigenvalue weighted by Crippen LogP contribution is -2.33. The van der Waals surface area contributed by atoms with Gasteiger partial charge in [-0.3, -0.25) is 0 Å². The molecular weight excluding hydrogens is 381 g/mol. The monoisotopic (exact) mass is 392 g/mol. The van der Waals surface area contributed by atoms with Crippen molar-refractivity contribution in [1.82, 2.24) is 0 Å². The molecule has 0 unspecified atom stereocenters. The molecule has 0 bridgehead atoms. The molecule has 0 radical (unpaired) electrons. The molecule has 0 amide bonds. The Balaban J connectivity index is 2.42. The molecule has 0 saturated carbocycles. The van der Waals surface area contributed by atoms with E-state index < -0.39 is 17.0 Å². The molecule has 5 heteroatoms. The predicted molar refractivity (Wildman–Crippen MR) is 87.3 cm³/mol. The fraction of sp³-hybridized carbons (Fsp3) is 0.250. The summed E-state index contributed by atoms with van der Waals surface area (Å²) >= 11 is 15.6. The second kappa shape index (κ2) is 7.08. The molecule has 0 saturated heterocycles. The van der Waals surface area contributed by atoms with E-state index in [1.165, 1.54) is 6.07 Å². The average molecular weight is 394 g/mol. The van der Waals surface area contributed by atoms with Gasteiger partial charge in [-0.25, -0.2) is 8.78 Å². The normalized spacial score (nSPS) is 11.7. The number of hydrogen-bond acceptors (Lipinski definition) is 0. The summed E-state index contributed by atoms with van der Waals surface area (Å²) in [6.07, 6.45) is 0.241.